The molecule has 0 saturated carbocycles. The molecule has 0 atom stereocenters. The molecule has 28 heavy (non-hydrogen) atoms. The van der Waals surface area contributed by atoms with Crippen molar-refractivity contribution in [1.82, 2.24) is 10.3 Å². The lowest BCUT2D eigenvalue weighted by molar-refractivity contribution is -0.129. The monoisotopic (exact) mass is 377 g/mol. The second-order valence-electron chi connectivity index (χ2n) is 6.64. The van der Waals surface area contributed by atoms with E-state index in [9.17, 15) is 9.90 Å². The lowest BCUT2D eigenvalue weighted by atomic mass is 10.0. The van der Waals surface area contributed by atoms with Gasteiger partial charge in [-0.1, -0.05) is 48.5 Å². The van der Waals surface area contributed by atoms with Gasteiger partial charge in [-0.05, 0) is 20.2 Å². The minimum Gasteiger partial charge on any atom is -0.477 e. The molecule has 0 amide bonds. The molecule has 2 N–H and O–H groups in total. The number of fused-ring (bicyclic) bond motifs is 1. The first-order chi connectivity index (χ1) is 13.5. The van der Waals surface area contributed by atoms with Crippen LogP contribution in [0.3, 0.4) is 0 Å². The van der Waals surface area contributed by atoms with E-state index in [1.54, 1.807) is 0 Å². The average Bonchev–Trinajstić information content (AvgIpc) is 2.87. The van der Waals surface area contributed by atoms with Gasteiger partial charge >= 0.3 is 5.97 Å². The molecule has 7 heteroatoms. The number of hydrogen-bond donors (Lipinski definition) is 2. The van der Waals surface area contributed by atoms with Crippen LogP contribution in [0, 0.1) is 0 Å². The van der Waals surface area contributed by atoms with E-state index < -0.39 is 5.97 Å². The fourth-order valence-electron chi connectivity index (χ4n) is 2.77. The third-order valence-electron chi connectivity index (χ3n) is 4.21. The number of hydrogen-bond acceptors (Lipinski definition) is 6. The standard InChI is InChI=1S/C21H23N5O2/c1-26(2)13-12-18(21(27)28)24-25-19-14-22-20(15-8-4-3-5-9-15)16-10-6-7-11-17(16)23-19/h3-11H,12-14H2,1-2H3,(H,23,25)(H,27,28). The van der Waals surface area contributed by atoms with Crippen molar-refractivity contribution < 1.29 is 9.90 Å². The molecule has 0 saturated heterocycles. The Labute approximate surface area is 164 Å². The number of aliphatic imine (C=N–C) groups is 2. The number of carboxylic acids is 1. The maximum absolute atomic E-state index is 11.4. The maximum Gasteiger partial charge on any atom is 0.352 e. The average molecular weight is 377 g/mol. The van der Waals surface area contributed by atoms with Crippen molar-refractivity contribution in [2.75, 3.05) is 27.2 Å². The van der Waals surface area contributed by atoms with Crippen molar-refractivity contribution in [2.24, 2.45) is 15.1 Å². The quantitative estimate of drug-likeness (QED) is 0.598. The highest BCUT2D eigenvalue weighted by Crippen LogP contribution is 2.24. The Morgan fingerprint density at radius 2 is 1.86 bits per heavy atom. The minimum absolute atomic E-state index is 0.0567. The number of para-hydroxylation sites is 1. The molecule has 0 aromatic heterocycles. The maximum atomic E-state index is 11.4. The lowest BCUT2D eigenvalue weighted by Gasteiger charge is -2.09. The molecule has 3 rings (SSSR count). The summed E-state index contributed by atoms with van der Waals surface area (Å²) in [4.78, 5) is 22.7. The third-order valence-corrected chi connectivity index (χ3v) is 4.21. The highest BCUT2D eigenvalue weighted by molar-refractivity contribution is 6.35. The molecule has 1 aliphatic heterocycles. The Balaban J connectivity index is 1.88. The number of rotatable bonds is 6. The number of amidine groups is 1. The molecule has 0 unspecified atom stereocenters. The van der Waals surface area contributed by atoms with Crippen LogP contribution >= 0.6 is 0 Å². The topological polar surface area (TPSA) is 89.6 Å². The zero-order chi connectivity index (χ0) is 19.9. The molecule has 7 nitrogen and oxygen atoms in total. The zero-order valence-electron chi connectivity index (χ0n) is 16.0. The van der Waals surface area contributed by atoms with Gasteiger partial charge in [0.1, 0.15) is 11.5 Å². The Bertz CT molecular complexity index is 933. The van der Waals surface area contributed by atoms with Crippen molar-refractivity contribution in [3.05, 3.63) is 65.7 Å². The molecule has 2 aromatic rings. The molecule has 0 fully saturated rings. The summed E-state index contributed by atoms with van der Waals surface area (Å²) in [6, 6.07) is 17.7. The van der Waals surface area contributed by atoms with E-state index in [2.05, 4.69) is 15.5 Å². The molecule has 2 aromatic carbocycles. The van der Waals surface area contributed by atoms with Crippen LogP contribution in [0.25, 0.3) is 0 Å². The number of hydrazone groups is 1. The van der Waals surface area contributed by atoms with Gasteiger partial charge in [0.15, 0.2) is 0 Å². The summed E-state index contributed by atoms with van der Waals surface area (Å²) in [7, 11) is 3.78. The van der Waals surface area contributed by atoms with E-state index in [1.807, 2.05) is 73.6 Å². The second kappa shape index (κ2) is 9.05. The summed E-state index contributed by atoms with van der Waals surface area (Å²) in [6.45, 7) is 0.876. The number of benzene rings is 2. The van der Waals surface area contributed by atoms with Crippen LogP contribution in [0.15, 0.2) is 69.7 Å². The van der Waals surface area contributed by atoms with Gasteiger partial charge in [-0.2, -0.15) is 5.10 Å². The van der Waals surface area contributed by atoms with Crippen molar-refractivity contribution in [1.29, 1.82) is 0 Å². The van der Waals surface area contributed by atoms with E-state index in [1.165, 1.54) is 0 Å². The highest BCUT2D eigenvalue weighted by Gasteiger charge is 2.16. The van der Waals surface area contributed by atoms with Crippen LogP contribution in [-0.4, -0.2) is 60.4 Å². The number of nitrogens with zero attached hydrogens (tertiary/aromatic N) is 4. The van der Waals surface area contributed by atoms with Crippen LogP contribution in [0.4, 0.5) is 5.69 Å². The largest absolute Gasteiger partial charge is 0.477 e. The first-order valence-corrected chi connectivity index (χ1v) is 9.02. The molecule has 0 radical (unpaired) electrons. The Morgan fingerprint density at radius 1 is 1.14 bits per heavy atom. The summed E-state index contributed by atoms with van der Waals surface area (Å²) in [6.07, 6.45) is 0.331. The van der Waals surface area contributed by atoms with Crippen LogP contribution in [0.1, 0.15) is 17.5 Å². The van der Waals surface area contributed by atoms with Gasteiger partial charge in [0, 0.05) is 24.1 Å². The first kappa shape index (κ1) is 19.4. The summed E-state index contributed by atoms with van der Waals surface area (Å²) >= 11 is 0. The molecule has 0 aliphatic carbocycles. The van der Waals surface area contributed by atoms with Crippen LogP contribution in [0.5, 0.6) is 0 Å². The normalized spacial score (nSPS) is 14.0. The van der Waals surface area contributed by atoms with Crippen LogP contribution in [0.2, 0.25) is 0 Å². The van der Waals surface area contributed by atoms with E-state index in [0.29, 0.717) is 18.8 Å². The van der Waals surface area contributed by atoms with Gasteiger partial charge in [0.25, 0.3) is 0 Å². The summed E-state index contributed by atoms with van der Waals surface area (Å²) in [5.41, 5.74) is 6.43. The number of carbonyl (C=O) groups is 1. The Morgan fingerprint density at radius 3 is 2.57 bits per heavy atom. The summed E-state index contributed by atoms with van der Waals surface area (Å²) in [5, 5.41) is 13.4. The SMILES string of the molecule is CN(C)CCC(=NNC1=Nc2ccccc2C(c2ccccc2)=NC1)C(=O)O. The number of carboxylic acid groups (broad SMARTS) is 1. The van der Waals surface area contributed by atoms with E-state index in [4.69, 9.17) is 4.99 Å². The van der Waals surface area contributed by atoms with Gasteiger partial charge in [-0.25, -0.2) is 9.79 Å². The third kappa shape index (κ3) is 4.89. The molecule has 0 bridgehead atoms. The molecule has 144 valence electrons. The fraction of sp³-hybridized carbons (Fsp3) is 0.238. The summed E-state index contributed by atoms with van der Waals surface area (Å²) < 4.78 is 0. The van der Waals surface area contributed by atoms with E-state index >= 15 is 0 Å². The van der Waals surface area contributed by atoms with Crippen molar-refractivity contribution in [3.63, 3.8) is 0 Å². The van der Waals surface area contributed by atoms with E-state index in [-0.39, 0.29) is 12.3 Å². The van der Waals surface area contributed by atoms with Gasteiger partial charge in [-0.15, -0.1) is 0 Å². The van der Waals surface area contributed by atoms with Gasteiger partial charge in [-0.3, -0.25) is 10.4 Å². The first-order valence-electron chi connectivity index (χ1n) is 9.02. The van der Waals surface area contributed by atoms with Crippen LogP contribution < -0.4 is 5.43 Å². The highest BCUT2D eigenvalue weighted by atomic mass is 16.4. The van der Waals surface area contributed by atoms with Gasteiger partial charge in [0.05, 0.1) is 17.9 Å². The van der Waals surface area contributed by atoms with E-state index in [0.717, 1.165) is 22.5 Å². The van der Waals surface area contributed by atoms with Crippen molar-refractivity contribution >= 4 is 28.9 Å². The second-order valence-corrected chi connectivity index (χ2v) is 6.64. The number of nitrogens with one attached hydrogen (secondary N) is 1. The Kier molecular flexibility index (Phi) is 6.29. The summed E-state index contributed by atoms with van der Waals surface area (Å²) in [5.74, 6) is -0.542. The van der Waals surface area contributed by atoms with Gasteiger partial charge in [0.2, 0.25) is 0 Å². The molecule has 1 aliphatic rings. The number of aliphatic carboxylic acids is 1. The molecular formula is C21H23N5O2. The van der Waals surface area contributed by atoms with Gasteiger partial charge < -0.3 is 10.0 Å². The molecular weight excluding hydrogens is 354 g/mol. The lowest BCUT2D eigenvalue weighted by Crippen LogP contribution is -2.27. The minimum atomic E-state index is -1.04. The fourth-order valence-corrected chi connectivity index (χ4v) is 2.77. The zero-order valence-corrected chi connectivity index (χ0v) is 16.0. The van der Waals surface area contributed by atoms with Crippen molar-refractivity contribution in [2.45, 2.75) is 6.42 Å². The smallest absolute Gasteiger partial charge is 0.352 e. The molecule has 0 spiro atoms. The van der Waals surface area contributed by atoms with Crippen molar-refractivity contribution in [3.8, 4) is 0 Å². The predicted molar refractivity (Wildman–Crippen MR) is 112 cm³/mol. The predicted octanol–water partition coefficient (Wildman–Crippen LogP) is 2.55. The Hall–Kier alpha value is -3.32. The van der Waals surface area contributed by atoms with Crippen LogP contribution in [-0.2, 0) is 4.79 Å². The molecule has 1 heterocycles.